The van der Waals surface area contributed by atoms with Gasteiger partial charge in [-0.3, -0.25) is 9.59 Å². The number of amides is 1. The summed E-state index contributed by atoms with van der Waals surface area (Å²) in [6.45, 7) is 0.272. The fourth-order valence-corrected chi connectivity index (χ4v) is 2.78. The van der Waals surface area contributed by atoms with Gasteiger partial charge < -0.3 is 10.4 Å². The Kier molecular flexibility index (Phi) is 5.74. The van der Waals surface area contributed by atoms with Crippen molar-refractivity contribution >= 4 is 21.9 Å². The first-order chi connectivity index (χ1) is 8.79. The molecule has 0 aromatic rings. The van der Waals surface area contributed by atoms with Gasteiger partial charge in [0.2, 0.25) is 15.9 Å². The number of hydrogen-bond donors (Lipinski definition) is 3. The zero-order valence-electron chi connectivity index (χ0n) is 10.7. The van der Waals surface area contributed by atoms with Crippen molar-refractivity contribution in [1.82, 2.24) is 5.32 Å². The average molecular weight is 292 g/mol. The maximum atomic E-state index is 11.8. The van der Waals surface area contributed by atoms with Crippen molar-refractivity contribution in [3.63, 3.8) is 0 Å². The lowest BCUT2D eigenvalue weighted by molar-refractivity contribution is -0.144. The molecule has 0 atom stereocenters. The van der Waals surface area contributed by atoms with Crippen LogP contribution in [0.5, 0.6) is 0 Å². The molecule has 0 aromatic heterocycles. The number of aliphatic carboxylic acids is 1. The lowest BCUT2D eigenvalue weighted by Crippen LogP contribution is -2.35. The average Bonchev–Trinajstić information content (AvgIpc) is 2.33. The Morgan fingerprint density at radius 2 is 1.68 bits per heavy atom. The Morgan fingerprint density at radius 3 is 2.16 bits per heavy atom. The quantitative estimate of drug-likeness (QED) is 0.578. The van der Waals surface area contributed by atoms with Crippen molar-refractivity contribution in [3.05, 3.63) is 0 Å². The van der Waals surface area contributed by atoms with Gasteiger partial charge in [-0.1, -0.05) is 0 Å². The van der Waals surface area contributed by atoms with Crippen molar-refractivity contribution in [2.45, 2.75) is 32.1 Å². The number of primary sulfonamides is 1. The molecule has 1 aliphatic rings. The molecule has 1 amide bonds. The van der Waals surface area contributed by atoms with Gasteiger partial charge >= 0.3 is 5.97 Å². The fraction of sp³-hybridized carbons (Fsp3) is 0.818. The van der Waals surface area contributed by atoms with E-state index in [9.17, 15) is 18.0 Å². The topological polar surface area (TPSA) is 127 Å². The smallest absolute Gasteiger partial charge is 0.306 e. The predicted octanol–water partition coefficient (Wildman–Crippen LogP) is -0.328. The highest BCUT2D eigenvalue weighted by Crippen LogP contribution is 2.28. The molecule has 1 aliphatic carbocycles. The molecule has 1 rings (SSSR count). The van der Waals surface area contributed by atoms with Gasteiger partial charge in [-0.05, 0) is 32.1 Å². The Balaban J connectivity index is 2.23. The molecular formula is C11H20N2O5S. The molecule has 4 N–H and O–H groups in total. The van der Waals surface area contributed by atoms with Crippen LogP contribution in [0, 0.1) is 11.8 Å². The van der Waals surface area contributed by atoms with Crippen LogP contribution in [0.25, 0.3) is 0 Å². The zero-order chi connectivity index (χ0) is 14.5. The van der Waals surface area contributed by atoms with E-state index in [-0.39, 0.29) is 36.5 Å². The summed E-state index contributed by atoms with van der Waals surface area (Å²) in [6, 6.07) is 0. The number of hydrogen-bond acceptors (Lipinski definition) is 4. The molecule has 0 aromatic carbocycles. The van der Waals surface area contributed by atoms with Gasteiger partial charge in [0, 0.05) is 12.5 Å². The second kappa shape index (κ2) is 6.85. The first kappa shape index (κ1) is 15.9. The van der Waals surface area contributed by atoms with Crippen molar-refractivity contribution in [2.24, 2.45) is 17.0 Å². The van der Waals surface area contributed by atoms with E-state index < -0.39 is 16.0 Å². The van der Waals surface area contributed by atoms with Crippen LogP contribution in [-0.4, -0.2) is 37.7 Å². The van der Waals surface area contributed by atoms with E-state index in [0.717, 1.165) is 0 Å². The Morgan fingerprint density at radius 1 is 1.16 bits per heavy atom. The number of sulfonamides is 1. The van der Waals surface area contributed by atoms with Crippen LogP contribution >= 0.6 is 0 Å². The number of carboxylic acid groups (broad SMARTS) is 1. The summed E-state index contributed by atoms with van der Waals surface area (Å²) in [5.41, 5.74) is 0. The Bertz CT molecular complexity index is 426. The number of carbonyl (C=O) groups excluding carboxylic acids is 1. The van der Waals surface area contributed by atoms with Gasteiger partial charge in [0.05, 0.1) is 11.7 Å². The molecule has 19 heavy (non-hydrogen) atoms. The number of nitrogens with one attached hydrogen (secondary N) is 1. The van der Waals surface area contributed by atoms with Gasteiger partial charge in [0.15, 0.2) is 0 Å². The molecule has 0 spiro atoms. The molecule has 0 bridgehead atoms. The summed E-state index contributed by atoms with van der Waals surface area (Å²) in [6.07, 6.45) is 2.46. The monoisotopic (exact) mass is 292 g/mol. The van der Waals surface area contributed by atoms with Crippen LogP contribution in [0.1, 0.15) is 32.1 Å². The highest BCUT2D eigenvalue weighted by Gasteiger charge is 2.29. The van der Waals surface area contributed by atoms with Crippen LogP contribution in [0.15, 0.2) is 0 Å². The van der Waals surface area contributed by atoms with Crippen LogP contribution in [-0.2, 0) is 19.6 Å². The first-order valence-corrected chi connectivity index (χ1v) is 8.02. The first-order valence-electron chi connectivity index (χ1n) is 6.30. The predicted molar refractivity (Wildman–Crippen MR) is 68.7 cm³/mol. The highest BCUT2D eigenvalue weighted by atomic mass is 32.2. The van der Waals surface area contributed by atoms with Crippen LogP contribution in [0.3, 0.4) is 0 Å². The molecule has 0 saturated heterocycles. The summed E-state index contributed by atoms with van der Waals surface area (Å²) in [5.74, 6) is -1.58. The maximum Gasteiger partial charge on any atom is 0.306 e. The van der Waals surface area contributed by atoms with E-state index in [1.807, 2.05) is 0 Å². The molecule has 0 heterocycles. The summed E-state index contributed by atoms with van der Waals surface area (Å²) < 4.78 is 21.4. The minimum absolute atomic E-state index is 0.127. The second-order valence-corrected chi connectivity index (χ2v) is 6.63. The third-order valence-electron chi connectivity index (χ3n) is 3.35. The molecular weight excluding hydrogens is 272 g/mol. The molecule has 0 aliphatic heterocycles. The third kappa shape index (κ3) is 6.02. The molecule has 1 saturated carbocycles. The Hall–Kier alpha value is -1.15. The molecule has 0 unspecified atom stereocenters. The summed E-state index contributed by atoms with van der Waals surface area (Å²) >= 11 is 0. The number of rotatable bonds is 6. The molecule has 0 radical (unpaired) electrons. The summed E-state index contributed by atoms with van der Waals surface area (Å²) in [4.78, 5) is 22.5. The second-order valence-electron chi connectivity index (χ2n) is 4.90. The Labute approximate surface area is 112 Å². The molecule has 8 heteroatoms. The number of nitrogens with two attached hydrogens (primary N) is 1. The van der Waals surface area contributed by atoms with Crippen LogP contribution in [0.4, 0.5) is 0 Å². The van der Waals surface area contributed by atoms with E-state index in [0.29, 0.717) is 25.7 Å². The van der Waals surface area contributed by atoms with Gasteiger partial charge in [0.1, 0.15) is 0 Å². The molecule has 7 nitrogen and oxygen atoms in total. The highest BCUT2D eigenvalue weighted by molar-refractivity contribution is 7.89. The van der Waals surface area contributed by atoms with Crippen molar-refractivity contribution in [2.75, 3.05) is 12.3 Å². The minimum atomic E-state index is -3.48. The van der Waals surface area contributed by atoms with Gasteiger partial charge in [0.25, 0.3) is 0 Å². The lowest BCUT2D eigenvalue weighted by atomic mass is 9.81. The normalized spacial score (nSPS) is 23.8. The van der Waals surface area contributed by atoms with E-state index in [4.69, 9.17) is 10.2 Å². The number of carboxylic acids is 1. The summed E-state index contributed by atoms with van der Waals surface area (Å²) in [5, 5.41) is 16.3. The van der Waals surface area contributed by atoms with Gasteiger partial charge in [-0.15, -0.1) is 0 Å². The van der Waals surface area contributed by atoms with Gasteiger partial charge in [-0.2, -0.15) is 0 Å². The molecule has 110 valence electrons. The summed E-state index contributed by atoms with van der Waals surface area (Å²) in [7, 11) is -3.48. The third-order valence-corrected chi connectivity index (χ3v) is 4.21. The van der Waals surface area contributed by atoms with E-state index in [1.165, 1.54) is 0 Å². The van der Waals surface area contributed by atoms with Crippen molar-refractivity contribution in [3.8, 4) is 0 Å². The van der Waals surface area contributed by atoms with E-state index in [2.05, 4.69) is 5.32 Å². The lowest BCUT2D eigenvalue weighted by Gasteiger charge is -2.25. The zero-order valence-corrected chi connectivity index (χ0v) is 11.5. The van der Waals surface area contributed by atoms with Crippen molar-refractivity contribution in [1.29, 1.82) is 0 Å². The minimum Gasteiger partial charge on any atom is -0.481 e. The van der Waals surface area contributed by atoms with Gasteiger partial charge in [-0.25, -0.2) is 13.6 Å². The fourth-order valence-electron chi connectivity index (χ4n) is 2.23. The SMILES string of the molecule is NS(=O)(=O)CCCNC(=O)C1CCC(C(=O)O)CC1. The van der Waals surface area contributed by atoms with Crippen molar-refractivity contribution < 1.29 is 23.1 Å². The molecule has 1 fully saturated rings. The van der Waals surface area contributed by atoms with E-state index in [1.54, 1.807) is 0 Å². The standard InChI is InChI=1S/C11H20N2O5S/c12-19(17,18)7-1-6-13-10(14)8-2-4-9(5-3-8)11(15)16/h8-9H,1-7H2,(H,13,14)(H,15,16)(H2,12,17,18). The van der Waals surface area contributed by atoms with Crippen LogP contribution in [0.2, 0.25) is 0 Å². The van der Waals surface area contributed by atoms with E-state index >= 15 is 0 Å². The number of carbonyl (C=O) groups is 2. The maximum absolute atomic E-state index is 11.8. The largest absolute Gasteiger partial charge is 0.481 e. The van der Waals surface area contributed by atoms with Crippen LogP contribution < -0.4 is 10.5 Å².